The summed E-state index contributed by atoms with van der Waals surface area (Å²) in [5.41, 5.74) is 0.219. The van der Waals surface area contributed by atoms with Crippen molar-refractivity contribution in [3.8, 4) is 12.1 Å². The number of alkyl halides is 1. The van der Waals surface area contributed by atoms with Gasteiger partial charge in [-0.25, -0.2) is 8.78 Å². The molecule has 1 aromatic heterocycles. The topological polar surface area (TPSA) is 77.3 Å². The Kier molecular flexibility index (Phi) is 9.18. The third kappa shape index (κ3) is 6.08. The van der Waals surface area contributed by atoms with E-state index in [2.05, 4.69) is 56.0 Å². The number of piperazine rings is 1. The number of benzene rings is 1. The lowest BCUT2D eigenvalue weighted by atomic mass is 10.1. The van der Waals surface area contributed by atoms with E-state index in [1.165, 1.54) is 7.11 Å². The summed E-state index contributed by atoms with van der Waals surface area (Å²) < 4.78 is 32.6. The summed E-state index contributed by atoms with van der Waals surface area (Å²) in [4.78, 5) is 12.8. The smallest absolute Gasteiger partial charge is 0.318 e. The normalized spacial score (nSPS) is 23.2. The van der Waals surface area contributed by atoms with Crippen LogP contribution in [0.15, 0.2) is 16.6 Å². The minimum Gasteiger partial charge on any atom is -0.467 e. The molecular weight excluding hydrogens is 494 g/mol. The maximum atomic E-state index is 14.4. The molecule has 0 amide bonds. The summed E-state index contributed by atoms with van der Waals surface area (Å²) in [7, 11) is 1.46. The van der Waals surface area contributed by atoms with Crippen LogP contribution in [0.2, 0.25) is 0 Å². The van der Waals surface area contributed by atoms with Crippen LogP contribution < -0.4 is 15.0 Å². The monoisotopic (exact) mass is 524 g/mol. The van der Waals surface area contributed by atoms with Gasteiger partial charge in [0.1, 0.15) is 17.5 Å². The van der Waals surface area contributed by atoms with Crippen LogP contribution in [0.3, 0.4) is 0 Å². The Morgan fingerprint density at radius 2 is 2.09 bits per heavy atom. The van der Waals surface area contributed by atoms with E-state index in [1.54, 1.807) is 12.1 Å². The van der Waals surface area contributed by atoms with Gasteiger partial charge in [0.25, 0.3) is 0 Å². The summed E-state index contributed by atoms with van der Waals surface area (Å²) in [6.45, 7) is 7.97. The molecule has 33 heavy (non-hydrogen) atoms. The second-order valence-corrected chi connectivity index (χ2v) is 9.09. The number of nitrogens with zero attached hydrogens (tertiary/aromatic N) is 5. The van der Waals surface area contributed by atoms with Gasteiger partial charge >= 0.3 is 6.01 Å². The number of anilines is 1. The van der Waals surface area contributed by atoms with Gasteiger partial charge in [-0.1, -0.05) is 13.8 Å². The third-order valence-electron chi connectivity index (χ3n) is 6.15. The van der Waals surface area contributed by atoms with Crippen molar-refractivity contribution in [3.05, 3.63) is 22.4 Å². The van der Waals surface area contributed by atoms with Gasteiger partial charge in [0, 0.05) is 43.6 Å². The maximum absolute atomic E-state index is 14.4. The molecule has 0 spiro atoms. The number of methoxy groups -OCH3 is 1. The molecule has 0 radical (unpaired) electrons. The fourth-order valence-electron chi connectivity index (χ4n) is 4.43. The molecule has 1 N–H and O–H groups in total. The number of likely N-dealkylation sites (tertiary alicyclic amines) is 1. The molecule has 1 aromatic carbocycles. The molecule has 7 nitrogen and oxygen atoms in total. The Morgan fingerprint density at radius 3 is 2.73 bits per heavy atom. The van der Waals surface area contributed by atoms with E-state index in [-0.39, 0.29) is 17.6 Å². The van der Waals surface area contributed by atoms with E-state index < -0.39 is 12.0 Å². The number of ether oxygens (including phenoxy) is 1. The van der Waals surface area contributed by atoms with Crippen LogP contribution in [-0.2, 0) is 0 Å². The lowest BCUT2D eigenvalue weighted by Crippen LogP contribution is -2.50. The van der Waals surface area contributed by atoms with E-state index in [0.717, 1.165) is 32.5 Å². The van der Waals surface area contributed by atoms with Crippen LogP contribution in [0.5, 0.6) is 6.01 Å². The number of nitrogens with one attached hydrogen (secondary N) is 1. The van der Waals surface area contributed by atoms with Crippen molar-refractivity contribution in [2.45, 2.75) is 51.4 Å². The fraction of sp³-hybridized carbons (Fsp3) is 0.609. The minimum atomic E-state index is -0.565. The van der Waals surface area contributed by atoms with Crippen LogP contribution in [-0.4, -0.2) is 73.0 Å². The zero-order valence-electron chi connectivity index (χ0n) is 19.3. The fourth-order valence-corrected chi connectivity index (χ4v) is 4.75. The molecule has 2 saturated heterocycles. The summed E-state index contributed by atoms with van der Waals surface area (Å²) in [5, 5.41) is 12.8. The Hall–Kier alpha value is -2.09. The highest BCUT2D eigenvalue weighted by atomic mass is 79.9. The number of fused-ring (bicyclic) bond motifs is 1. The molecule has 4 rings (SSSR count). The summed E-state index contributed by atoms with van der Waals surface area (Å²) in [6.07, 6.45) is 1.69. The number of aromatic nitrogens is 2. The molecule has 2 aliphatic rings. The second-order valence-electron chi connectivity index (χ2n) is 8.23. The predicted octanol–water partition coefficient (Wildman–Crippen LogP) is 4.06. The molecule has 2 aromatic rings. The van der Waals surface area contributed by atoms with Gasteiger partial charge in [-0.05, 0) is 47.4 Å². The average molecular weight is 525 g/mol. The van der Waals surface area contributed by atoms with E-state index >= 15 is 0 Å². The molecule has 3 unspecified atom stereocenters. The molecule has 10 heteroatoms. The largest absolute Gasteiger partial charge is 0.467 e. The van der Waals surface area contributed by atoms with Gasteiger partial charge < -0.3 is 15.0 Å². The van der Waals surface area contributed by atoms with E-state index in [0.29, 0.717) is 41.2 Å². The number of rotatable bonds is 5. The van der Waals surface area contributed by atoms with Crippen molar-refractivity contribution in [2.24, 2.45) is 0 Å². The number of hydrogen-bond acceptors (Lipinski definition) is 7. The molecule has 3 atom stereocenters. The van der Waals surface area contributed by atoms with E-state index in [4.69, 9.17) is 10.00 Å². The molecule has 2 fully saturated rings. The van der Waals surface area contributed by atoms with Gasteiger partial charge in [-0.2, -0.15) is 15.2 Å². The minimum absolute atomic E-state index is 0.0602. The van der Waals surface area contributed by atoms with E-state index in [9.17, 15) is 8.78 Å². The van der Waals surface area contributed by atoms with Gasteiger partial charge in [0.2, 0.25) is 0 Å². The first-order valence-corrected chi connectivity index (χ1v) is 12.1. The molecular formula is C23H31BrF2N6O. The van der Waals surface area contributed by atoms with Gasteiger partial charge in [0.15, 0.2) is 5.82 Å². The second kappa shape index (κ2) is 11.9. The lowest BCUT2D eigenvalue weighted by Gasteiger charge is -2.34. The van der Waals surface area contributed by atoms with Crippen molar-refractivity contribution < 1.29 is 13.5 Å². The number of hydrogen-bond donors (Lipinski definition) is 1. The maximum Gasteiger partial charge on any atom is 0.318 e. The standard InChI is InChI=1S/C15H15BrFN5O.C8H16FN/c1-23-15-20-13-10(2-3-11(16)12(13)17)14(21-15)22-7-6-19-9(8-22)4-5-18;1-3-8-5-7(9)6-10(8)4-2/h2-3,9,19H,4,6-8H2,1H3;7-8H,3-6H2,1-2H3. The van der Waals surface area contributed by atoms with Gasteiger partial charge in [0.05, 0.1) is 24.1 Å². The number of halogens is 3. The number of nitriles is 1. The highest BCUT2D eigenvalue weighted by Crippen LogP contribution is 2.31. The molecule has 0 bridgehead atoms. The Balaban J connectivity index is 0.000000257. The summed E-state index contributed by atoms with van der Waals surface area (Å²) in [6, 6.07) is 6.31. The Labute approximate surface area is 202 Å². The summed E-state index contributed by atoms with van der Waals surface area (Å²) in [5.74, 6) is 0.191. The van der Waals surface area contributed by atoms with Crippen LogP contribution in [0.1, 0.15) is 33.1 Å². The van der Waals surface area contributed by atoms with Crippen molar-refractivity contribution in [1.82, 2.24) is 20.2 Å². The zero-order chi connectivity index (χ0) is 24.0. The molecule has 2 aliphatic heterocycles. The van der Waals surface area contributed by atoms with Gasteiger partial charge in [-0.15, -0.1) is 0 Å². The third-order valence-corrected chi connectivity index (χ3v) is 6.76. The zero-order valence-corrected chi connectivity index (χ0v) is 20.9. The van der Waals surface area contributed by atoms with Crippen molar-refractivity contribution in [2.75, 3.05) is 44.7 Å². The van der Waals surface area contributed by atoms with Gasteiger partial charge in [-0.3, -0.25) is 4.90 Å². The Bertz CT molecular complexity index is 976. The molecule has 0 saturated carbocycles. The first-order chi connectivity index (χ1) is 15.9. The SMILES string of the molecule is CCC1CC(F)CN1CC.COc1nc(N2CCNC(CC#N)C2)c2ccc(Br)c(F)c2n1. The molecule has 180 valence electrons. The van der Waals surface area contributed by atoms with E-state index in [1.807, 2.05) is 4.90 Å². The van der Waals surface area contributed by atoms with Crippen LogP contribution in [0.25, 0.3) is 10.9 Å². The molecule has 3 heterocycles. The highest BCUT2D eigenvalue weighted by molar-refractivity contribution is 9.10. The van der Waals surface area contributed by atoms with Crippen LogP contribution in [0, 0.1) is 17.1 Å². The van der Waals surface area contributed by atoms with Crippen molar-refractivity contribution in [1.29, 1.82) is 5.26 Å². The Morgan fingerprint density at radius 1 is 1.30 bits per heavy atom. The van der Waals surface area contributed by atoms with Crippen molar-refractivity contribution in [3.63, 3.8) is 0 Å². The van der Waals surface area contributed by atoms with Crippen LogP contribution in [0.4, 0.5) is 14.6 Å². The summed E-state index contributed by atoms with van der Waals surface area (Å²) >= 11 is 3.18. The molecule has 0 aliphatic carbocycles. The predicted molar refractivity (Wildman–Crippen MR) is 129 cm³/mol. The first kappa shape index (κ1) is 25.5. The first-order valence-electron chi connectivity index (χ1n) is 11.3. The average Bonchev–Trinajstić information content (AvgIpc) is 3.21. The highest BCUT2D eigenvalue weighted by Gasteiger charge is 2.29. The van der Waals surface area contributed by atoms with Crippen LogP contribution >= 0.6 is 15.9 Å². The quantitative estimate of drug-likeness (QED) is 0.631. The lowest BCUT2D eigenvalue weighted by molar-refractivity contribution is 0.251. The van der Waals surface area contributed by atoms with Crippen molar-refractivity contribution >= 4 is 32.7 Å².